The molecule has 1 aromatic heterocycles. The average Bonchev–Trinajstić information content (AvgIpc) is 2.43. The van der Waals surface area contributed by atoms with E-state index in [4.69, 9.17) is 10.6 Å². The van der Waals surface area contributed by atoms with E-state index in [0.717, 1.165) is 29.5 Å². The third kappa shape index (κ3) is 3.04. The second-order valence-electron chi connectivity index (χ2n) is 4.16. The minimum Gasteiger partial charge on any atom is -0.382 e. The van der Waals surface area contributed by atoms with Crippen molar-refractivity contribution in [3.8, 4) is 0 Å². The number of hydrogen-bond acceptors (Lipinski definition) is 4. The van der Waals surface area contributed by atoms with Gasteiger partial charge in [-0.15, -0.1) is 0 Å². The Kier molecular flexibility index (Phi) is 4.64. The fourth-order valence-electron chi connectivity index (χ4n) is 1.99. The van der Waals surface area contributed by atoms with E-state index in [9.17, 15) is 0 Å². The molecule has 2 rings (SSSR count). The van der Waals surface area contributed by atoms with Gasteiger partial charge in [0.15, 0.2) is 0 Å². The summed E-state index contributed by atoms with van der Waals surface area (Å²) in [4.78, 5) is 4.36. The highest BCUT2D eigenvalue weighted by molar-refractivity contribution is 5.78. The Labute approximate surface area is 107 Å². The Morgan fingerprint density at radius 2 is 2.28 bits per heavy atom. The van der Waals surface area contributed by atoms with E-state index in [-0.39, 0.29) is 6.04 Å². The van der Waals surface area contributed by atoms with Crippen LogP contribution in [0.1, 0.15) is 24.9 Å². The number of pyridine rings is 1. The molecule has 0 amide bonds. The second-order valence-corrected chi connectivity index (χ2v) is 4.16. The molecule has 0 aliphatic rings. The van der Waals surface area contributed by atoms with Crippen LogP contribution in [0.25, 0.3) is 10.9 Å². The molecule has 3 N–H and O–H groups in total. The van der Waals surface area contributed by atoms with Gasteiger partial charge in [0.1, 0.15) is 0 Å². The zero-order valence-electron chi connectivity index (χ0n) is 10.6. The summed E-state index contributed by atoms with van der Waals surface area (Å²) >= 11 is 0. The number of aromatic nitrogens is 1. The number of nitrogens with two attached hydrogens (primary N) is 1. The van der Waals surface area contributed by atoms with Crippen LogP contribution in [-0.4, -0.2) is 18.2 Å². The largest absolute Gasteiger partial charge is 0.382 e. The summed E-state index contributed by atoms with van der Waals surface area (Å²) in [5, 5.41) is 1.14. The second kappa shape index (κ2) is 6.44. The van der Waals surface area contributed by atoms with Crippen molar-refractivity contribution in [1.82, 2.24) is 10.4 Å². The molecule has 0 aliphatic heterocycles. The first kappa shape index (κ1) is 13.0. The van der Waals surface area contributed by atoms with Crippen LogP contribution in [0.3, 0.4) is 0 Å². The Balaban J connectivity index is 2.17. The van der Waals surface area contributed by atoms with Gasteiger partial charge in [-0.3, -0.25) is 16.3 Å². The van der Waals surface area contributed by atoms with Gasteiger partial charge in [-0.2, -0.15) is 0 Å². The van der Waals surface area contributed by atoms with Crippen LogP contribution >= 0.6 is 0 Å². The summed E-state index contributed by atoms with van der Waals surface area (Å²) in [5.74, 6) is 5.61. The lowest BCUT2D eigenvalue weighted by atomic mass is 10.0. The van der Waals surface area contributed by atoms with Crippen molar-refractivity contribution in [2.24, 2.45) is 5.84 Å². The third-order valence-electron chi connectivity index (χ3n) is 2.99. The average molecular weight is 245 g/mol. The number of benzene rings is 1. The summed E-state index contributed by atoms with van der Waals surface area (Å²) in [6.07, 6.45) is 2.65. The van der Waals surface area contributed by atoms with Crippen molar-refractivity contribution in [3.63, 3.8) is 0 Å². The van der Waals surface area contributed by atoms with Gasteiger partial charge in [-0.05, 0) is 31.0 Å². The molecular weight excluding hydrogens is 226 g/mol. The molecule has 96 valence electrons. The highest BCUT2D eigenvalue weighted by Crippen LogP contribution is 2.20. The van der Waals surface area contributed by atoms with Crippen molar-refractivity contribution in [2.45, 2.75) is 19.4 Å². The van der Waals surface area contributed by atoms with Gasteiger partial charge in [0, 0.05) is 30.8 Å². The molecule has 1 aromatic carbocycles. The topological polar surface area (TPSA) is 60.2 Å². The highest BCUT2D eigenvalue weighted by atomic mass is 16.5. The third-order valence-corrected chi connectivity index (χ3v) is 2.99. The zero-order chi connectivity index (χ0) is 12.8. The van der Waals surface area contributed by atoms with Crippen LogP contribution in [0.15, 0.2) is 36.5 Å². The first-order chi connectivity index (χ1) is 8.85. The quantitative estimate of drug-likeness (QED) is 0.465. The lowest BCUT2D eigenvalue weighted by molar-refractivity contribution is 0.136. The normalized spacial score (nSPS) is 12.8. The van der Waals surface area contributed by atoms with Crippen LogP contribution in [0.2, 0.25) is 0 Å². The van der Waals surface area contributed by atoms with Crippen molar-refractivity contribution < 1.29 is 4.74 Å². The Hall–Kier alpha value is -1.49. The lowest BCUT2D eigenvalue weighted by Gasteiger charge is -2.16. The first-order valence-corrected chi connectivity index (χ1v) is 6.23. The van der Waals surface area contributed by atoms with E-state index < -0.39 is 0 Å². The van der Waals surface area contributed by atoms with Crippen LogP contribution < -0.4 is 11.3 Å². The maximum atomic E-state index is 5.61. The lowest BCUT2D eigenvalue weighted by Crippen LogP contribution is -2.29. The number of ether oxygens (including phenoxy) is 1. The number of nitrogens with one attached hydrogen (secondary N) is 1. The van der Waals surface area contributed by atoms with Gasteiger partial charge in [0.25, 0.3) is 0 Å². The smallest absolute Gasteiger partial charge is 0.0705 e. The molecule has 1 unspecified atom stereocenters. The van der Waals surface area contributed by atoms with Gasteiger partial charge >= 0.3 is 0 Å². The predicted molar refractivity (Wildman–Crippen MR) is 72.9 cm³/mol. The Bertz CT molecular complexity index is 501. The van der Waals surface area contributed by atoms with E-state index in [1.54, 1.807) is 6.20 Å². The molecule has 1 atom stereocenters. The summed E-state index contributed by atoms with van der Waals surface area (Å²) in [7, 11) is 0. The van der Waals surface area contributed by atoms with E-state index >= 15 is 0 Å². The van der Waals surface area contributed by atoms with Crippen molar-refractivity contribution >= 4 is 10.9 Å². The summed E-state index contributed by atoms with van der Waals surface area (Å²) in [6.45, 7) is 3.42. The number of nitrogens with zero attached hydrogens (tertiary/aromatic N) is 1. The molecule has 1 heterocycles. The maximum Gasteiger partial charge on any atom is 0.0705 e. The summed E-state index contributed by atoms with van der Waals surface area (Å²) in [5.41, 5.74) is 4.97. The molecule has 0 fully saturated rings. The van der Waals surface area contributed by atoms with Gasteiger partial charge in [-0.1, -0.05) is 18.2 Å². The van der Waals surface area contributed by atoms with Gasteiger partial charge < -0.3 is 4.74 Å². The molecule has 4 nitrogen and oxygen atoms in total. The zero-order valence-corrected chi connectivity index (χ0v) is 10.6. The molecular formula is C14H19N3O. The molecule has 4 heteroatoms. The Morgan fingerprint density at radius 1 is 1.39 bits per heavy atom. The minimum atomic E-state index is 0.1000. The fourth-order valence-corrected chi connectivity index (χ4v) is 1.99. The summed E-state index contributed by atoms with van der Waals surface area (Å²) < 4.78 is 5.36. The molecule has 0 saturated heterocycles. The SMILES string of the molecule is CCOCCC(NN)c1ccc2cccnc2c1. The van der Waals surface area contributed by atoms with Gasteiger partial charge in [0.2, 0.25) is 0 Å². The molecule has 0 spiro atoms. The van der Waals surface area contributed by atoms with Gasteiger partial charge in [0.05, 0.1) is 5.52 Å². The Morgan fingerprint density at radius 3 is 3.06 bits per heavy atom. The van der Waals surface area contributed by atoms with Crippen LogP contribution in [0.4, 0.5) is 0 Å². The molecule has 0 saturated carbocycles. The highest BCUT2D eigenvalue weighted by Gasteiger charge is 2.10. The van der Waals surface area contributed by atoms with Crippen LogP contribution in [-0.2, 0) is 4.74 Å². The van der Waals surface area contributed by atoms with Crippen LogP contribution in [0, 0.1) is 0 Å². The van der Waals surface area contributed by atoms with Crippen molar-refractivity contribution in [3.05, 3.63) is 42.1 Å². The van der Waals surface area contributed by atoms with E-state index in [2.05, 4.69) is 34.7 Å². The van der Waals surface area contributed by atoms with Crippen molar-refractivity contribution in [1.29, 1.82) is 0 Å². The molecule has 18 heavy (non-hydrogen) atoms. The number of hydrogen-bond donors (Lipinski definition) is 2. The minimum absolute atomic E-state index is 0.1000. The number of hydrazine groups is 1. The van der Waals surface area contributed by atoms with Crippen molar-refractivity contribution in [2.75, 3.05) is 13.2 Å². The van der Waals surface area contributed by atoms with E-state index in [0.29, 0.717) is 6.61 Å². The first-order valence-electron chi connectivity index (χ1n) is 6.23. The van der Waals surface area contributed by atoms with E-state index in [1.807, 2.05) is 13.0 Å². The standard InChI is InChI=1S/C14H19N3O/c1-2-18-9-7-13(17-15)12-6-5-11-4-3-8-16-14(11)10-12/h3-6,8,10,13,17H,2,7,9,15H2,1H3. The molecule has 0 radical (unpaired) electrons. The predicted octanol–water partition coefficient (Wildman–Crippen LogP) is 2.17. The maximum absolute atomic E-state index is 5.61. The van der Waals surface area contributed by atoms with E-state index in [1.165, 1.54) is 0 Å². The number of fused-ring (bicyclic) bond motifs is 1. The summed E-state index contributed by atoms with van der Waals surface area (Å²) in [6, 6.07) is 10.3. The van der Waals surface area contributed by atoms with Gasteiger partial charge in [-0.25, -0.2) is 0 Å². The number of rotatable bonds is 6. The molecule has 0 bridgehead atoms. The fraction of sp³-hybridized carbons (Fsp3) is 0.357. The monoisotopic (exact) mass is 245 g/mol. The molecule has 2 aromatic rings. The molecule has 0 aliphatic carbocycles. The van der Waals surface area contributed by atoms with Crippen LogP contribution in [0.5, 0.6) is 0 Å².